The number of nitrogens with one attached hydrogen (secondary N) is 7. The number of nitrogens with zero attached hydrogens (tertiary/aromatic N) is 4. The second-order valence-electron chi connectivity index (χ2n) is 23.4. The predicted octanol–water partition coefficient (Wildman–Crippen LogP) is 12.6. The van der Waals surface area contributed by atoms with E-state index in [2.05, 4.69) is 56.7 Å². The fourth-order valence-corrected chi connectivity index (χ4v) is 14.4. The maximum atomic E-state index is 13.8. The van der Waals surface area contributed by atoms with Gasteiger partial charge in [-0.15, -0.1) is 0 Å². The van der Waals surface area contributed by atoms with E-state index in [1.54, 1.807) is 60.7 Å². The maximum Gasteiger partial charge on any atom is 0.339 e. The fraction of sp³-hybridized carbons (Fsp3) is 0.0133. The number of carbonyl (C=O) groups excluding carboxylic acids is 4. The molecule has 4 amide bonds. The van der Waals surface area contributed by atoms with Gasteiger partial charge in [-0.25, -0.2) is 22.0 Å². The second kappa shape index (κ2) is 32.7. The molecule has 15 aromatic rings. The second-order valence-corrected chi connectivity index (χ2v) is 29.6. The Morgan fingerprint density at radius 3 is 1.10 bits per heavy atom. The van der Waals surface area contributed by atoms with E-state index in [1.807, 2.05) is 6.07 Å². The number of nitrogens with two attached hydrogens (primary N) is 1. The first kappa shape index (κ1) is 77.4. The van der Waals surface area contributed by atoms with Gasteiger partial charge in [-0.2, -0.15) is 54.1 Å². The number of aromatic amines is 4. The number of amides is 4. The standard InChI is InChI=1S/C26H17F2N3O4S.C20H14FN3O4S.C15H12FN3O4S.C14H10FN3O4S/c27-17-6-3-5-16(13-17)21-9-1-2-10-22(21)26(32)29-25-23-15-20(11-12-24(23)30-31-25)36(33,34)35-19-8-4-7-18(28)14-19;21-13-5-4-8-15(11-13)28-29(26,27)16-9-10-18-17(12-16)19(24-23-18)20(25)22-14-6-2-1-3-7-14;1-17-15(20)14-12-8-11(5-6-13(12)18-19-14)24(21,22)23-10-4-2-3-9(16)7-10;15-8-2-1-3-9(6-8)22-23(20,21)10-4-5-12-11(7-10)13(14(16)19)18-17-12/h1-15H,(H2,29,30,31,32);1-12H,(H,22,25)(H,23,24);2-8H,1H3,(H,17,20)(H,18,19);1-7H,(H2,16,19)(H,17,18). The number of benzene rings is 11. The summed E-state index contributed by atoms with van der Waals surface area (Å²) in [6.07, 6.45) is 0. The number of halogens is 5. The molecule has 0 aliphatic heterocycles. The van der Waals surface area contributed by atoms with E-state index < -0.39 is 93.2 Å². The fourth-order valence-electron chi connectivity index (χ4n) is 10.6. The molecule has 112 heavy (non-hydrogen) atoms. The summed E-state index contributed by atoms with van der Waals surface area (Å²) in [5.74, 6) is -5.75. The lowest BCUT2D eigenvalue weighted by atomic mass is 9.99. The first-order chi connectivity index (χ1) is 53.5. The van der Waals surface area contributed by atoms with E-state index in [0.717, 1.165) is 30.3 Å². The average Bonchev–Trinajstić information content (AvgIpc) is 1.62. The molecule has 0 saturated carbocycles. The van der Waals surface area contributed by atoms with Crippen molar-refractivity contribution in [2.45, 2.75) is 19.6 Å². The van der Waals surface area contributed by atoms with Crippen molar-refractivity contribution in [3.8, 4) is 34.1 Å². The first-order valence-corrected chi connectivity index (χ1v) is 37.9. The molecule has 0 spiro atoms. The summed E-state index contributed by atoms with van der Waals surface area (Å²) in [5.41, 5.74) is 8.98. The minimum atomic E-state index is -4.30. The summed E-state index contributed by atoms with van der Waals surface area (Å²) >= 11 is 0. The molecular formula is C75H53F5N12O16S4. The molecule has 0 aliphatic rings. The SMILES string of the molecule is CNC(=O)c1n[nH]c2ccc(S(=O)(=O)Oc3cccc(F)c3)cc12.NC(=O)c1n[nH]c2ccc(S(=O)(=O)Oc3cccc(F)c3)cc12.O=C(Nc1ccccc1)c1n[nH]c2ccc(S(=O)(=O)Oc3cccc(F)c3)cc12.O=C(Nc1n[nH]c2ccc(S(=O)(=O)Oc3cccc(F)c3)cc12)c1ccccc1-c1cccc(F)c1. The van der Waals surface area contributed by atoms with Gasteiger partial charge in [0.2, 0.25) is 0 Å². The van der Waals surface area contributed by atoms with Gasteiger partial charge in [0.15, 0.2) is 22.9 Å². The topological polar surface area (TPSA) is 419 Å². The highest BCUT2D eigenvalue weighted by Crippen LogP contribution is 2.32. The Bertz CT molecular complexity index is 6630. The molecule has 568 valence electrons. The molecule has 4 heterocycles. The highest BCUT2D eigenvalue weighted by molar-refractivity contribution is 7.88. The third kappa shape index (κ3) is 18.3. The van der Waals surface area contributed by atoms with E-state index in [0.29, 0.717) is 55.0 Å². The summed E-state index contributed by atoms with van der Waals surface area (Å²) in [4.78, 5) is 48.0. The molecule has 9 N–H and O–H groups in total. The van der Waals surface area contributed by atoms with Gasteiger partial charge in [0.05, 0.1) is 22.1 Å². The molecule has 0 unspecified atom stereocenters. The van der Waals surface area contributed by atoms with Crippen molar-refractivity contribution in [3.63, 3.8) is 0 Å². The van der Waals surface area contributed by atoms with Crippen molar-refractivity contribution in [1.82, 2.24) is 46.1 Å². The normalized spacial score (nSPS) is 11.4. The van der Waals surface area contributed by atoms with Crippen molar-refractivity contribution in [3.05, 3.63) is 300 Å². The van der Waals surface area contributed by atoms with Crippen LogP contribution in [0.15, 0.2) is 268 Å². The first-order valence-electron chi connectivity index (χ1n) is 32.3. The summed E-state index contributed by atoms with van der Waals surface area (Å²) in [6, 6.07) is 56.6. The average molecular weight is 1600 g/mol. The molecule has 11 aromatic carbocycles. The minimum absolute atomic E-state index is 0.0339. The smallest absolute Gasteiger partial charge is 0.339 e. The van der Waals surface area contributed by atoms with Gasteiger partial charge in [-0.3, -0.25) is 39.6 Å². The molecule has 0 radical (unpaired) electrons. The predicted molar refractivity (Wildman–Crippen MR) is 397 cm³/mol. The van der Waals surface area contributed by atoms with E-state index in [-0.39, 0.29) is 76.4 Å². The highest BCUT2D eigenvalue weighted by atomic mass is 32.2. The Labute approximate surface area is 630 Å². The van der Waals surface area contributed by atoms with Gasteiger partial charge in [-0.05, 0) is 163 Å². The number of hydrogen-bond donors (Lipinski definition) is 8. The number of aromatic nitrogens is 8. The zero-order valence-electron chi connectivity index (χ0n) is 57.1. The Morgan fingerprint density at radius 2 is 0.696 bits per heavy atom. The van der Waals surface area contributed by atoms with Crippen LogP contribution in [0, 0.1) is 29.1 Å². The Balaban J connectivity index is 0.000000141. The molecular weight excluding hydrogens is 1550 g/mol. The lowest BCUT2D eigenvalue weighted by Crippen LogP contribution is -2.18. The van der Waals surface area contributed by atoms with Crippen LogP contribution in [0.4, 0.5) is 33.5 Å². The Kier molecular flexibility index (Phi) is 22.6. The molecule has 0 saturated heterocycles. The van der Waals surface area contributed by atoms with Crippen LogP contribution in [0.1, 0.15) is 41.8 Å². The summed E-state index contributed by atoms with van der Waals surface area (Å²) < 4.78 is 187. The van der Waals surface area contributed by atoms with E-state index in [1.165, 1.54) is 159 Å². The van der Waals surface area contributed by atoms with Crippen LogP contribution in [0.2, 0.25) is 0 Å². The van der Waals surface area contributed by atoms with Gasteiger partial charge < -0.3 is 38.4 Å². The number of anilines is 2. The molecule has 15 rings (SSSR count). The van der Waals surface area contributed by atoms with Crippen LogP contribution >= 0.6 is 0 Å². The van der Waals surface area contributed by atoms with Crippen molar-refractivity contribution in [1.29, 1.82) is 0 Å². The number of fused-ring (bicyclic) bond motifs is 4. The third-order valence-electron chi connectivity index (χ3n) is 15.8. The summed E-state index contributed by atoms with van der Waals surface area (Å²) in [7, 11) is -15.5. The van der Waals surface area contributed by atoms with Crippen molar-refractivity contribution in [2.75, 3.05) is 17.7 Å². The van der Waals surface area contributed by atoms with Crippen molar-refractivity contribution in [2.24, 2.45) is 5.73 Å². The Morgan fingerprint density at radius 1 is 0.348 bits per heavy atom. The number of carbonyl (C=O) groups is 4. The monoisotopic (exact) mass is 1600 g/mol. The third-order valence-corrected chi connectivity index (χ3v) is 20.7. The number of para-hydroxylation sites is 1. The maximum absolute atomic E-state index is 13.8. The van der Waals surface area contributed by atoms with E-state index in [9.17, 15) is 74.8 Å². The molecule has 0 atom stereocenters. The van der Waals surface area contributed by atoms with Crippen molar-refractivity contribution < 1.29 is 91.5 Å². The van der Waals surface area contributed by atoms with Crippen LogP contribution in [-0.4, -0.2) is 105 Å². The van der Waals surface area contributed by atoms with Gasteiger partial charge >= 0.3 is 40.5 Å². The molecule has 28 nitrogen and oxygen atoms in total. The van der Waals surface area contributed by atoms with Gasteiger partial charge in [-0.1, -0.05) is 72.8 Å². The molecule has 0 bridgehead atoms. The van der Waals surface area contributed by atoms with E-state index in [4.69, 9.17) is 22.5 Å². The van der Waals surface area contributed by atoms with Gasteiger partial charge in [0.25, 0.3) is 23.6 Å². The largest absolute Gasteiger partial charge is 0.379 e. The van der Waals surface area contributed by atoms with E-state index >= 15 is 0 Å². The molecule has 37 heteroatoms. The quantitative estimate of drug-likeness (QED) is 0.0275. The summed E-state index contributed by atoms with van der Waals surface area (Å²) in [5, 5.41) is 35.3. The number of hydrogen-bond acceptors (Lipinski definition) is 20. The van der Waals surface area contributed by atoms with Crippen LogP contribution in [0.5, 0.6) is 23.0 Å². The minimum Gasteiger partial charge on any atom is -0.379 e. The van der Waals surface area contributed by atoms with Crippen LogP contribution < -0.4 is 38.4 Å². The molecule has 4 aromatic heterocycles. The zero-order valence-corrected chi connectivity index (χ0v) is 60.4. The Hall–Kier alpha value is -14.2. The lowest BCUT2D eigenvalue weighted by molar-refractivity contribution is 0.0956. The van der Waals surface area contributed by atoms with Gasteiger partial charge in [0, 0.05) is 64.1 Å². The molecule has 0 fully saturated rings. The van der Waals surface area contributed by atoms with Crippen LogP contribution in [-0.2, 0) is 40.5 Å². The van der Waals surface area contributed by atoms with Crippen molar-refractivity contribution >= 4 is 119 Å². The molecule has 0 aliphatic carbocycles. The zero-order chi connectivity index (χ0) is 79.7. The highest BCUT2D eigenvalue weighted by Gasteiger charge is 2.27. The number of rotatable bonds is 19. The number of primary amides is 1. The lowest BCUT2D eigenvalue weighted by Gasteiger charge is -2.10. The summed E-state index contributed by atoms with van der Waals surface area (Å²) in [6.45, 7) is 0. The van der Waals surface area contributed by atoms with Crippen LogP contribution in [0.3, 0.4) is 0 Å². The number of H-pyrrole nitrogens is 4. The van der Waals surface area contributed by atoms with Gasteiger partial charge in [0.1, 0.15) is 71.7 Å². The van der Waals surface area contributed by atoms with Crippen LogP contribution in [0.25, 0.3) is 54.7 Å².